The highest BCUT2D eigenvalue weighted by Crippen LogP contribution is 2.53. The monoisotopic (exact) mass is 352 g/mol. The van der Waals surface area contributed by atoms with E-state index in [1.54, 1.807) is 0 Å². The molecule has 0 unspecified atom stereocenters. The number of piperidine rings is 1. The molecule has 2 fully saturated rings. The van der Waals surface area contributed by atoms with Gasteiger partial charge in [0.15, 0.2) is 0 Å². The molecule has 3 nitrogen and oxygen atoms in total. The Hall–Kier alpha value is -1.13. The Morgan fingerprint density at radius 3 is 2.75 bits per heavy atom. The zero-order chi connectivity index (χ0) is 17.2. The third-order valence-electron chi connectivity index (χ3n) is 5.55. The molecular formula is C19H26ClFN2O. The van der Waals surface area contributed by atoms with Crippen LogP contribution in [0.1, 0.15) is 55.8 Å². The molecule has 1 N–H and O–H groups in total. The Bertz CT molecular complexity index is 579. The summed E-state index contributed by atoms with van der Waals surface area (Å²) in [6, 6.07) is 4.20. The zero-order valence-corrected chi connectivity index (χ0v) is 15.0. The third kappa shape index (κ3) is 4.09. The standard InChI is InChI=1S/C19H26ClFN2O/c1-2-3-4-7-23-8-5-19(6-9-23)13-17(19)22-18(24)14-10-15(20)12-16(21)11-14/h10-12,17H,2-9,13H2,1H3,(H,22,24)/t17-/m1/s1. The van der Waals surface area contributed by atoms with Crippen LogP contribution in [0, 0.1) is 11.2 Å². The highest BCUT2D eigenvalue weighted by atomic mass is 35.5. The fourth-order valence-corrected chi connectivity index (χ4v) is 4.06. The first kappa shape index (κ1) is 17.7. The van der Waals surface area contributed by atoms with Crippen LogP contribution in [-0.4, -0.2) is 36.5 Å². The van der Waals surface area contributed by atoms with Crippen molar-refractivity contribution in [1.29, 1.82) is 0 Å². The van der Waals surface area contributed by atoms with E-state index < -0.39 is 5.82 Å². The number of unbranched alkanes of at least 4 members (excludes halogenated alkanes) is 2. The minimum Gasteiger partial charge on any atom is -0.349 e. The first-order valence-corrected chi connectivity index (χ1v) is 9.39. The highest BCUT2D eigenvalue weighted by Gasteiger charge is 2.55. The highest BCUT2D eigenvalue weighted by molar-refractivity contribution is 6.31. The fourth-order valence-electron chi connectivity index (χ4n) is 3.84. The Balaban J connectivity index is 1.48. The predicted octanol–water partition coefficient (Wildman–Crippen LogP) is 4.25. The van der Waals surface area contributed by atoms with Crippen molar-refractivity contribution in [2.24, 2.45) is 5.41 Å². The molecule has 1 amide bonds. The molecule has 1 atom stereocenters. The lowest BCUT2D eigenvalue weighted by Gasteiger charge is -2.32. The van der Waals surface area contributed by atoms with Gasteiger partial charge in [-0.25, -0.2) is 4.39 Å². The van der Waals surface area contributed by atoms with E-state index in [1.807, 2.05) is 0 Å². The van der Waals surface area contributed by atoms with Crippen molar-refractivity contribution in [3.05, 3.63) is 34.6 Å². The molecule has 1 spiro atoms. The first-order valence-electron chi connectivity index (χ1n) is 9.02. The summed E-state index contributed by atoms with van der Waals surface area (Å²) >= 11 is 5.83. The molecule has 1 saturated carbocycles. The number of carbonyl (C=O) groups excluding carboxylic acids is 1. The van der Waals surface area contributed by atoms with E-state index in [0.717, 1.165) is 32.4 Å². The Labute approximate surface area is 148 Å². The van der Waals surface area contributed by atoms with E-state index in [1.165, 1.54) is 44.0 Å². The quantitative estimate of drug-likeness (QED) is 0.776. The van der Waals surface area contributed by atoms with Gasteiger partial charge in [-0.15, -0.1) is 0 Å². The summed E-state index contributed by atoms with van der Waals surface area (Å²) in [5.74, 6) is -0.692. The summed E-state index contributed by atoms with van der Waals surface area (Å²) in [4.78, 5) is 14.9. The van der Waals surface area contributed by atoms with Gasteiger partial charge in [0.2, 0.25) is 0 Å². The molecule has 24 heavy (non-hydrogen) atoms. The van der Waals surface area contributed by atoms with E-state index in [4.69, 9.17) is 11.6 Å². The minimum absolute atomic E-state index is 0.219. The number of rotatable bonds is 6. The number of amides is 1. The Morgan fingerprint density at radius 1 is 1.33 bits per heavy atom. The number of likely N-dealkylation sites (tertiary alicyclic amines) is 1. The molecule has 1 aliphatic heterocycles. The van der Waals surface area contributed by atoms with Crippen molar-refractivity contribution in [3.63, 3.8) is 0 Å². The number of carbonyl (C=O) groups is 1. The van der Waals surface area contributed by atoms with Gasteiger partial charge in [0.25, 0.3) is 5.91 Å². The van der Waals surface area contributed by atoms with E-state index in [-0.39, 0.29) is 22.4 Å². The molecule has 0 aromatic heterocycles. The lowest BCUT2D eigenvalue weighted by Crippen LogP contribution is -2.39. The average molecular weight is 353 g/mol. The maximum atomic E-state index is 13.4. The van der Waals surface area contributed by atoms with E-state index in [2.05, 4.69) is 17.1 Å². The smallest absolute Gasteiger partial charge is 0.251 e. The summed E-state index contributed by atoms with van der Waals surface area (Å²) in [6.45, 7) is 5.68. The topological polar surface area (TPSA) is 32.3 Å². The van der Waals surface area contributed by atoms with Crippen molar-refractivity contribution in [1.82, 2.24) is 10.2 Å². The fraction of sp³-hybridized carbons (Fsp3) is 0.632. The van der Waals surface area contributed by atoms with Gasteiger partial charge in [0, 0.05) is 16.6 Å². The second-order valence-corrected chi connectivity index (χ2v) is 7.74. The summed E-state index contributed by atoms with van der Waals surface area (Å²) in [5, 5.41) is 3.33. The van der Waals surface area contributed by atoms with Crippen LogP contribution in [0.25, 0.3) is 0 Å². The van der Waals surface area contributed by atoms with Crippen LogP contribution < -0.4 is 5.32 Å². The molecule has 1 aromatic carbocycles. The maximum absolute atomic E-state index is 13.4. The van der Waals surface area contributed by atoms with Crippen molar-refractivity contribution in [2.75, 3.05) is 19.6 Å². The summed E-state index contributed by atoms with van der Waals surface area (Å²) in [5.41, 5.74) is 0.577. The SMILES string of the molecule is CCCCCN1CCC2(CC1)C[C@H]2NC(=O)c1cc(F)cc(Cl)c1. The van der Waals surface area contributed by atoms with E-state index in [9.17, 15) is 9.18 Å². The number of halogens is 2. The predicted molar refractivity (Wildman–Crippen MR) is 94.9 cm³/mol. The van der Waals surface area contributed by atoms with E-state index >= 15 is 0 Å². The van der Waals surface area contributed by atoms with E-state index in [0.29, 0.717) is 5.56 Å². The molecule has 1 heterocycles. The van der Waals surface area contributed by atoms with Gasteiger partial charge >= 0.3 is 0 Å². The molecule has 1 aromatic rings. The van der Waals surface area contributed by atoms with Crippen molar-refractivity contribution >= 4 is 17.5 Å². The van der Waals surface area contributed by atoms with Gasteiger partial charge in [-0.3, -0.25) is 4.79 Å². The lowest BCUT2D eigenvalue weighted by atomic mass is 9.92. The van der Waals surface area contributed by atoms with Gasteiger partial charge in [0.05, 0.1) is 0 Å². The normalized spacial score (nSPS) is 22.5. The zero-order valence-electron chi connectivity index (χ0n) is 14.3. The maximum Gasteiger partial charge on any atom is 0.251 e. The number of nitrogens with zero attached hydrogens (tertiary/aromatic N) is 1. The third-order valence-corrected chi connectivity index (χ3v) is 5.77. The molecule has 1 aliphatic carbocycles. The Morgan fingerprint density at radius 2 is 2.08 bits per heavy atom. The van der Waals surface area contributed by atoms with Crippen molar-refractivity contribution < 1.29 is 9.18 Å². The van der Waals surface area contributed by atoms with Gasteiger partial charge in [-0.2, -0.15) is 0 Å². The van der Waals surface area contributed by atoms with Crippen LogP contribution >= 0.6 is 11.6 Å². The number of hydrogen-bond acceptors (Lipinski definition) is 2. The average Bonchev–Trinajstić information content (AvgIpc) is 3.20. The van der Waals surface area contributed by atoms with Gasteiger partial charge in [-0.05, 0) is 68.9 Å². The largest absolute Gasteiger partial charge is 0.349 e. The Kier molecular flexibility index (Phi) is 5.46. The number of benzene rings is 1. The number of nitrogens with one attached hydrogen (secondary N) is 1. The van der Waals surface area contributed by atoms with Crippen LogP contribution in [0.2, 0.25) is 5.02 Å². The molecule has 0 bridgehead atoms. The first-order chi connectivity index (χ1) is 11.5. The van der Waals surface area contributed by atoms with Crippen molar-refractivity contribution in [2.45, 2.75) is 51.5 Å². The van der Waals surface area contributed by atoms with Crippen LogP contribution in [0.3, 0.4) is 0 Å². The molecule has 0 radical (unpaired) electrons. The molecule has 5 heteroatoms. The van der Waals surface area contributed by atoms with Gasteiger partial charge in [-0.1, -0.05) is 31.4 Å². The van der Waals surface area contributed by atoms with Crippen LogP contribution in [0.4, 0.5) is 4.39 Å². The van der Waals surface area contributed by atoms with Crippen molar-refractivity contribution in [3.8, 4) is 0 Å². The second kappa shape index (κ2) is 7.40. The molecule has 132 valence electrons. The molecule has 3 rings (SSSR count). The molecule has 1 saturated heterocycles. The summed E-state index contributed by atoms with van der Waals surface area (Å²) < 4.78 is 13.4. The van der Waals surface area contributed by atoms with Gasteiger partial charge in [0.1, 0.15) is 5.82 Å². The second-order valence-electron chi connectivity index (χ2n) is 7.30. The van der Waals surface area contributed by atoms with Crippen LogP contribution in [0.15, 0.2) is 18.2 Å². The lowest BCUT2D eigenvalue weighted by molar-refractivity contribution is 0.0934. The number of hydrogen-bond donors (Lipinski definition) is 1. The summed E-state index contributed by atoms with van der Waals surface area (Å²) in [6.07, 6.45) is 7.18. The molecular weight excluding hydrogens is 327 g/mol. The summed E-state index contributed by atoms with van der Waals surface area (Å²) in [7, 11) is 0. The molecule has 2 aliphatic rings. The van der Waals surface area contributed by atoms with Gasteiger partial charge < -0.3 is 10.2 Å². The minimum atomic E-state index is -0.474. The van der Waals surface area contributed by atoms with Crippen LogP contribution in [-0.2, 0) is 0 Å². The van der Waals surface area contributed by atoms with Crippen LogP contribution in [0.5, 0.6) is 0 Å².